The summed E-state index contributed by atoms with van der Waals surface area (Å²) in [6.45, 7) is 0.356. The molecule has 2 N–H and O–H groups in total. The predicted molar refractivity (Wildman–Crippen MR) is 99.4 cm³/mol. The van der Waals surface area contributed by atoms with Gasteiger partial charge in [-0.15, -0.1) is 0 Å². The van der Waals surface area contributed by atoms with Gasteiger partial charge in [-0.05, 0) is 36.8 Å². The van der Waals surface area contributed by atoms with Gasteiger partial charge in [0.2, 0.25) is 6.33 Å². The average molecular weight is 456 g/mol. The maximum absolute atomic E-state index is 12.9. The third kappa shape index (κ3) is 5.13. The molecule has 0 aliphatic carbocycles. The number of alkyl halides is 6. The highest BCUT2D eigenvalue weighted by atomic mass is 32.2. The number of nitrogens with zero attached hydrogens (tertiary/aromatic N) is 3. The third-order valence-electron chi connectivity index (χ3n) is 4.36. The smallest absolute Gasteiger partial charge is 0.359 e. The first-order chi connectivity index (χ1) is 13.5. The molecular weight excluding hydrogens is 440 g/mol. The van der Waals surface area contributed by atoms with Crippen molar-refractivity contribution in [2.75, 3.05) is 18.1 Å². The molecule has 2 aromatic rings. The number of anilines is 1. The molecule has 0 radical (unpaired) electrons. The molecule has 0 bridgehead atoms. The number of rotatable bonds is 4. The van der Waals surface area contributed by atoms with Crippen LogP contribution in [-0.2, 0) is 18.8 Å². The summed E-state index contributed by atoms with van der Waals surface area (Å²) in [5.41, 5.74) is -3.20. The van der Waals surface area contributed by atoms with Crippen LogP contribution in [0.3, 0.4) is 0 Å². The minimum absolute atomic E-state index is 0.0258. The highest BCUT2D eigenvalue weighted by Crippen LogP contribution is 2.37. The van der Waals surface area contributed by atoms with Gasteiger partial charge in [-0.3, -0.25) is 0 Å². The lowest BCUT2D eigenvalue weighted by atomic mass is 10.1. The van der Waals surface area contributed by atoms with E-state index in [4.69, 9.17) is 12.2 Å². The summed E-state index contributed by atoms with van der Waals surface area (Å²) in [4.78, 5) is 0. The Hall–Kier alpha value is -2.02. The van der Waals surface area contributed by atoms with Gasteiger partial charge in [0, 0.05) is 18.4 Å². The molecule has 0 unspecified atom stereocenters. The van der Waals surface area contributed by atoms with E-state index in [1.807, 2.05) is 17.2 Å². The first-order valence-corrected chi connectivity index (χ1v) is 9.95. The van der Waals surface area contributed by atoms with Crippen LogP contribution in [0.2, 0.25) is 0 Å². The van der Waals surface area contributed by atoms with E-state index >= 15 is 0 Å². The molecule has 29 heavy (non-hydrogen) atoms. The van der Waals surface area contributed by atoms with Crippen LogP contribution in [0.1, 0.15) is 29.4 Å². The standard InChI is InChI=1S/C16H15F6N5S2/c1-29-27-8-26-12(2-3-13(26)25-27)7-23-14(28)24-11-5-9(15(17,18)19)4-10(6-11)16(20,21)22/h4-6,8,12H,2-3,7H2,1H3,(H-,23,24,28)/p+1/t12-/m0/s1. The molecular formula is C16H16F6N5S2+. The summed E-state index contributed by atoms with van der Waals surface area (Å²) in [5.74, 6) is 0.901. The summed E-state index contributed by atoms with van der Waals surface area (Å²) in [6.07, 6.45) is -4.56. The van der Waals surface area contributed by atoms with Crippen molar-refractivity contribution in [3.05, 3.63) is 41.5 Å². The number of benzene rings is 1. The topological polar surface area (TPSA) is 45.8 Å². The zero-order valence-electron chi connectivity index (χ0n) is 14.9. The molecule has 2 heterocycles. The number of thiocarbonyl (C=S) groups is 1. The van der Waals surface area contributed by atoms with Crippen molar-refractivity contribution in [1.29, 1.82) is 0 Å². The average Bonchev–Trinajstić information content (AvgIpc) is 3.18. The molecule has 3 rings (SSSR count). The van der Waals surface area contributed by atoms with Gasteiger partial charge in [0.25, 0.3) is 5.82 Å². The molecule has 0 saturated heterocycles. The second kappa shape index (κ2) is 8.01. The van der Waals surface area contributed by atoms with Crippen LogP contribution in [0, 0.1) is 0 Å². The second-order valence-corrected chi connectivity index (χ2v) is 7.49. The third-order valence-corrected chi connectivity index (χ3v) is 5.16. The first kappa shape index (κ1) is 21.7. The number of aromatic nitrogens is 3. The maximum Gasteiger partial charge on any atom is 0.416 e. The van der Waals surface area contributed by atoms with E-state index in [0.29, 0.717) is 18.7 Å². The SMILES string of the molecule is CSn1c[n+]2c(n1)CC[C@H]2CNC(=S)Nc1cc(C(F)(F)F)cc(C(F)(F)F)c1. The Morgan fingerprint density at radius 3 is 2.38 bits per heavy atom. The van der Waals surface area contributed by atoms with Crippen LogP contribution < -0.4 is 15.2 Å². The van der Waals surface area contributed by atoms with Crippen LogP contribution in [0.5, 0.6) is 0 Å². The van der Waals surface area contributed by atoms with Crippen molar-refractivity contribution in [1.82, 2.24) is 14.5 Å². The molecule has 1 aromatic carbocycles. The number of hydrogen-bond donors (Lipinski definition) is 2. The Labute approximate surface area is 171 Å². The van der Waals surface area contributed by atoms with Gasteiger partial charge < -0.3 is 10.6 Å². The van der Waals surface area contributed by atoms with Crippen LogP contribution in [0.25, 0.3) is 0 Å². The first-order valence-electron chi connectivity index (χ1n) is 8.36. The van der Waals surface area contributed by atoms with E-state index in [9.17, 15) is 26.3 Å². The van der Waals surface area contributed by atoms with E-state index in [2.05, 4.69) is 15.7 Å². The summed E-state index contributed by atoms with van der Waals surface area (Å²) < 4.78 is 81.3. The van der Waals surface area contributed by atoms with Crippen LogP contribution >= 0.6 is 24.2 Å². The minimum atomic E-state index is -4.92. The molecule has 0 saturated carbocycles. The number of aryl methyl sites for hydroxylation is 1. The molecule has 0 fully saturated rings. The van der Waals surface area contributed by atoms with Gasteiger partial charge >= 0.3 is 12.4 Å². The largest absolute Gasteiger partial charge is 0.416 e. The Morgan fingerprint density at radius 2 is 1.83 bits per heavy atom. The molecule has 1 aliphatic heterocycles. The van der Waals surface area contributed by atoms with E-state index in [-0.39, 0.29) is 22.9 Å². The van der Waals surface area contributed by atoms with Crippen molar-refractivity contribution >= 4 is 35.0 Å². The normalized spacial score (nSPS) is 16.6. The highest BCUT2D eigenvalue weighted by molar-refractivity contribution is 7.97. The lowest BCUT2D eigenvalue weighted by Crippen LogP contribution is -2.44. The summed E-state index contributed by atoms with van der Waals surface area (Å²) in [7, 11) is 0. The monoisotopic (exact) mass is 456 g/mol. The highest BCUT2D eigenvalue weighted by Gasteiger charge is 2.37. The number of nitrogens with one attached hydrogen (secondary N) is 2. The van der Waals surface area contributed by atoms with Gasteiger partial charge in [0.15, 0.2) is 5.11 Å². The van der Waals surface area contributed by atoms with Crippen LogP contribution in [-0.4, -0.2) is 27.1 Å². The second-order valence-electron chi connectivity index (χ2n) is 6.35. The lowest BCUT2D eigenvalue weighted by Gasteiger charge is -2.17. The van der Waals surface area contributed by atoms with E-state index < -0.39 is 23.5 Å². The molecule has 1 aliphatic rings. The van der Waals surface area contributed by atoms with Crippen molar-refractivity contribution in [3.63, 3.8) is 0 Å². The lowest BCUT2D eigenvalue weighted by molar-refractivity contribution is -0.714. The van der Waals surface area contributed by atoms with Gasteiger partial charge in [-0.25, -0.2) is 4.57 Å². The summed E-state index contributed by atoms with van der Waals surface area (Å²) in [6, 6.07) is 1.28. The molecule has 158 valence electrons. The Morgan fingerprint density at radius 1 is 1.21 bits per heavy atom. The predicted octanol–water partition coefficient (Wildman–Crippen LogP) is 3.81. The number of hydrogen-bond acceptors (Lipinski definition) is 3. The van der Waals surface area contributed by atoms with Gasteiger partial charge in [0.05, 0.1) is 40.8 Å². The fraction of sp³-hybridized carbons (Fsp3) is 0.438. The molecule has 5 nitrogen and oxygen atoms in total. The fourth-order valence-corrected chi connectivity index (χ4v) is 3.56. The van der Waals surface area contributed by atoms with Gasteiger partial charge in [0.1, 0.15) is 0 Å². The van der Waals surface area contributed by atoms with Crippen LogP contribution in [0.4, 0.5) is 32.0 Å². The van der Waals surface area contributed by atoms with Crippen molar-refractivity contribution in [3.8, 4) is 0 Å². The number of halogens is 6. The minimum Gasteiger partial charge on any atom is -0.359 e. The summed E-state index contributed by atoms with van der Waals surface area (Å²) in [5, 5.41) is 9.58. The maximum atomic E-state index is 12.9. The summed E-state index contributed by atoms with van der Waals surface area (Å²) >= 11 is 6.48. The number of fused-ring (bicyclic) bond motifs is 1. The Kier molecular flexibility index (Phi) is 5.99. The molecule has 1 aromatic heterocycles. The van der Waals surface area contributed by atoms with Crippen LogP contribution in [0.15, 0.2) is 24.5 Å². The molecule has 1 atom stereocenters. The Balaban J connectivity index is 1.69. The molecule has 13 heteroatoms. The fourth-order valence-electron chi connectivity index (χ4n) is 2.98. The Bertz CT molecular complexity index is 876. The van der Waals surface area contributed by atoms with E-state index in [1.54, 1.807) is 4.09 Å². The van der Waals surface area contributed by atoms with Gasteiger partial charge in [-0.2, -0.15) is 26.3 Å². The van der Waals surface area contributed by atoms with Crippen molar-refractivity contribution < 1.29 is 30.9 Å². The van der Waals surface area contributed by atoms with Gasteiger partial charge in [-0.1, -0.05) is 4.09 Å². The zero-order chi connectivity index (χ0) is 21.4. The quantitative estimate of drug-likeness (QED) is 0.416. The van der Waals surface area contributed by atoms with E-state index in [0.717, 1.165) is 18.7 Å². The van der Waals surface area contributed by atoms with E-state index in [1.165, 1.54) is 11.9 Å². The van der Waals surface area contributed by atoms with Crippen molar-refractivity contribution in [2.24, 2.45) is 0 Å². The zero-order valence-corrected chi connectivity index (χ0v) is 16.6. The molecule has 0 amide bonds. The molecule has 0 spiro atoms. The van der Waals surface area contributed by atoms with Crippen molar-refractivity contribution in [2.45, 2.75) is 31.2 Å².